The summed E-state index contributed by atoms with van der Waals surface area (Å²) >= 11 is 0. The van der Waals surface area contributed by atoms with Crippen LogP contribution in [0.3, 0.4) is 0 Å². The van der Waals surface area contributed by atoms with E-state index in [9.17, 15) is 43.2 Å². The van der Waals surface area contributed by atoms with Crippen LogP contribution in [0.25, 0.3) is 0 Å². The summed E-state index contributed by atoms with van der Waals surface area (Å²) in [4.78, 5) is 110. The van der Waals surface area contributed by atoms with Crippen LogP contribution < -0.4 is 0 Å². The van der Waals surface area contributed by atoms with E-state index in [1.165, 1.54) is 25.7 Å². The summed E-state index contributed by atoms with van der Waals surface area (Å²) in [6.07, 6.45) is 15.2. The van der Waals surface area contributed by atoms with Gasteiger partial charge >= 0.3 is 54.8 Å². The van der Waals surface area contributed by atoms with Crippen molar-refractivity contribution in [1.29, 1.82) is 0 Å². The summed E-state index contributed by atoms with van der Waals surface area (Å²) in [5.41, 5.74) is 0. The number of carbonyl (C=O) groups excluding carboxylic acids is 9. The van der Waals surface area contributed by atoms with Crippen molar-refractivity contribution in [2.24, 2.45) is 0 Å². The fraction of sp³-hybridized carbons (Fsp3) is 0.857. The van der Waals surface area contributed by atoms with Gasteiger partial charge in [0.2, 0.25) is 0 Å². The molecule has 13 atom stereocenters. The Morgan fingerprint density at radius 3 is 0.943 bits per heavy atom. The molecule has 0 saturated carbocycles. The van der Waals surface area contributed by atoms with Crippen LogP contribution in [0.4, 0.5) is 28.8 Å². The first-order valence-electron chi connectivity index (χ1n) is 32.9. The second-order valence-electron chi connectivity index (χ2n) is 24.0. The third-order valence-electron chi connectivity index (χ3n) is 17.0. The summed E-state index contributed by atoms with van der Waals surface area (Å²) in [6.45, 7) is 5.42. The second kappa shape index (κ2) is 39.1. The number of cyclic esters (lactones) is 12. The number of unbranched alkanes of at least 4 members (excludes halogenated alkanes) is 18. The van der Waals surface area contributed by atoms with Crippen molar-refractivity contribution in [3.8, 4) is 0 Å². The van der Waals surface area contributed by atoms with Crippen molar-refractivity contribution in [3.63, 3.8) is 0 Å². The third kappa shape index (κ3) is 26.3. The third-order valence-corrected chi connectivity index (χ3v) is 17.0. The molecule has 6 heterocycles. The van der Waals surface area contributed by atoms with Crippen LogP contribution in [-0.4, -0.2) is 147 Å². The molecule has 6 aliphatic rings. The lowest BCUT2D eigenvalue weighted by atomic mass is 9.96. The van der Waals surface area contributed by atoms with Crippen LogP contribution in [0.1, 0.15) is 252 Å². The highest BCUT2D eigenvalue weighted by Gasteiger charge is 2.46. The average molecular weight is 1240 g/mol. The summed E-state index contributed by atoms with van der Waals surface area (Å²) in [5.74, 6) is -1.44. The normalized spacial score (nSPS) is 26.7. The van der Waals surface area contributed by atoms with E-state index in [-0.39, 0.29) is 63.3 Å². The van der Waals surface area contributed by atoms with Gasteiger partial charge in [-0.3, -0.25) is 14.4 Å². The lowest BCUT2D eigenvalue weighted by Crippen LogP contribution is -2.33. The van der Waals surface area contributed by atoms with Gasteiger partial charge < -0.3 is 71.1 Å². The first-order chi connectivity index (χ1) is 42.2. The van der Waals surface area contributed by atoms with Crippen LogP contribution in [0.5, 0.6) is 0 Å². The summed E-state index contributed by atoms with van der Waals surface area (Å²) in [7, 11) is 0. The highest BCUT2D eigenvalue weighted by Crippen LogP contribution is 2.34. The molecule has 24 heteroatoms. The Labute approximate surface area is 511 Å². The predicted octanol–water partition coefficient (Wildman–Crippen LogP) is 13.5. The molecule has 6 fully saturated rings. The summed E-state index contributed by atoms with van der Waals surface area (Å²) in [5, 5.41) is 0. The number of ether oxygens (including phenoxy) is 15. The fourth-order valence-electron chi connectivity index (χ4n) is 12.0. The lowest BCUT2D eigenvalue weighted by molar-refractivity contribution is -0.167. The maximum absolute atomic E-state index is 13.1. The molecule has 0 bridgehead atoms. The second-order valence-corrected chi connectivity index (χ2v) is 24.0. The molecule has 6 rings (SSSR count). The quantitative estimate of drug-likeness (QED) is 0.0311. The molecular formula is C63H98O24. The van der Waals surface area contributed by atoms with Gasteiger partial charge in [-0.1, -0.05) is 110 Å². The molecular weight excluding hydrogens is 1140 g/mol. The topological polar surface area (TPSA) is 292 Å². The molecule has 0 N–H and O–H groups in total. The van der Waals surface area contributed by atoms with Gasteiger partial charge in [0.25, 0.3) is 0 Å². The molecule has 6 saturated heterocycles. The van der Waals surface area contributed by atoms with Crippen LogP contribution in [-0.2, 0) is 85.4 Å². The number of carbonyl (C=O) groups is 9. The zero-order chi connectivity index (χ0) is 62.2. The molecule has 0 amide bonds. The Hall–Kier alpha value is -5.97. The Morgan fingerprint density at radius 2 is 0.575 bits per heavy atom. The molecule has 0 aromatic carbocycles. The van der Waals surface area contributed by atoms with Crippen LogP contribution in [0, 0.1) is 0 Å². The van der Waals surface area contributed by atoms with E-state index in [2.05, 4.69) is 13.8 Å². The van der Waals surface area contributed by atoms with Gasteiger partial charge in [-0.15, -0.1) is 0 Å². The number of rotatable bonds is 47. The Morgan fingerprint density at radius 1 is 0.310 bits per heavy atom. The molecule has 0 spiro atoms. The highest BCUT2D eigenvalue weighted by atomic mass is 16.8. The van der Waals surface area contributed by atoms with Gasteiger partial charge in [-0.2, -0.15) is 0 Å². The Bertz CT molecular complexity index is 2140. The minimum Gasteiger partial charge on any atom is -0.462 e. The van der Waals surface area contributed by atoms with E-state index < -0.39 is 110 Å². The maximum atomic E-state index is 13.1. The van der Waals surface area contributed by atoms with Gasteiger partial charge in [0.1, 0.15) is 86.5 Å². The van der Waals surface area contributed by atoms with Crippen molar-refractivity contribution in [2.75, 3.05) is 13.2 Å². The minimum absolute atomic E-state index is 0.125. The molecule has 0 aromatic heterocycles. The fourth-order valence-corrected chi connectivity index (χ4v) is 12.0. The van der Waals surface area contributed by atoms with Gasteiger partial charge in [-0.25, -0.2) is 28.8 Å². The summed E-state index contributed by atoms with van der Waals surface area (Å²) in [6, 6.07) is 0. The van der Waals surface area contributed by atoms with Gasteiger partial charge in [0, 0.05) is 25.7 Å². The van der Waals surface area contributed by atoms with E-state index in [0.717, 1.165) is 116 Å². The molecule has 13 unspecified atom stereocenters. The monoisotopic (exact) mass is 1240 g/mol. The molecule has 87 heavy (non-hydrogen) atoms. The van der Waals surface area contributed by atoms with Crippen molar-refractivity contribution >= 4 is 54.8 Å². The largest absolute Gasteiger partial charge is 0.509 e. The molecule has 24 nitrogen and oxygen atoms in total. The minimum atomic E-state index is -0.999. The smallest absolute Gasteiger partial charge is 0.462 e. The first kappa shape index (κ1) is 70.1. The molecule has 0 aromatic rings. The van der Waals surface area contributed by atoms with Crippen molar-refractivity contribution in [2.45, 2.75) is 331 Å². The van der Waals surface area contributed by atoms with Gasteiger partial charge in [0.05, 0.1) is 0 Å². The number of hydrogen-bond acceptors (Lipinski definition) is 24. The molecule has 0 aliphatic carbocycles. The highest BCUT2D eigenvalue weighted by molar-refractivity contribution is 5.71. The molecule has 0 radical (unpaired) electrons. The van der Waals surface area contributed by atoms with Crippen molar-refractivity contribution < 1.29 is 114 Å². The van der Waals surface area contributed by atoms with Crippen LogP contribution >= 0.6 is 0 Å². The maximum Gasteiger partial charge on any atom is 0.509 e. The average Bonchev–Trinajstić information content (AvgIpc) is 3.90. The van der Waals surface area contributed by atoms with Crippen molar-refractivity contribution in [1.82, 2.24) is 0 Å². The van der Waals surface area contributed by atoms with Crippen LogP contribution in [0.2, 0.25) is 0 Å². The van der Waals surface area contributed by atoms with Crippen LogP contribution in [0.15, 0.2) is 0 Å². The number of hydrogen-bond donors (Lipinski definition) is 0. The zero-order valence-corrected chi connectivity index (χ0v) is 51.7. The summed E-state index contributed by atoms with van der Waals surface area (Å²) < 4.78 is 81.2. The SMILES string of the molecule is CCCCCCCCC1OC(=O)OC1CCCCCCCC(=O)OC(COC(=O)CCCCCCCC1OC(=O)OC1CCC1OC(=O)OC1CCCC)COC(=O)CCCCCCCC1OC(=O)OC1CC1OC(=O)OC1CCC1OC(=O)OC1C. The van der Waals surface area contributed by atoms with E-state index in [1.807, 2.05) is 0 Å². The lowest BCUT2D eigenvalue weighted by Gasteiger charge is -2.21. The predicted molar refractivity (Wildman–Crippen MR) is 306 cm³/mol. The van der Waals surface area contributed by atoms with E-state index in [4.69, 9.17) is 71.1 Å². The standard InChI is InChI=1S/C63H98O24/c1-4-6-8-9-13-20-28-46-47(80-59(68)79-46)29-21-15-12-19-26-34-57(66)76-43(40-73-55(64)32-24-17-10-14-22-30-48-51(84-61(70)81-48)38-37-50-45(27-7-5-2)78-60(69)83-50)41-74-56(65)33-25-18-11-16-23-31-49-53(86-62(71)82-49)39-54-52(85-63(72)87-54)36-35-44-42(3)75-58(67)77-44/h42-54H,4-41H2,1-3H3. The number of esters is 3. The Balaban J connectivity index is 0.850. The van der Waals surface area contributed by atoms with Gasteiger partial charge in [0.15, 0.2) is 6.10 Å². The van der Waals surface area contributed by atoms with E-state index in [1.54, 1.807) is 6.92 Å². The van der Waals surface area contributed by atoms with Crippen molar-refractivity contribution in [3.05, 3.63) is 0 Å². The first-order valence-corrected chi connectivity index (χ1v) is 32.9. The van der Waals surface area contributed by atoms with E-state index >= 15 is 0 Å². The van der Waals surface area contributed by atoms with E-state index in [0.29, 0.717) is 64.2 Å². The Kier molecular flexibility index (Phi) is 31.5. The molecule has 6 aliphatic heterocycles. The zero-order valence-electron chi connectivity index (χ0n) is 51.7. The van der Waals surface area contributed by atoms with Gasteiger partial charge in [-0.05, 0) is 116 Å². The molecule has 494 valence electrons.